The van der Waals surface area contributed by atoms with Crippen molar-refractivity contribution < 1.29 is 0 Å². The summed E-state index contributed by atoms with van der Waals surface area (Å²) in [6.07, 6.45) is 0. The second-order valence-corrected chi connectivity index (χ2v) is 5.73. The van der Waals surface area contributed by atoms with E-state index in [9.17, 15) is 0 Å². The molecule has 2 aromatic rings. The van der Waals surface area contributed by atoms with E-state index < -0.39 is 0 Å². The predicted molar refractivity (Wildman–Crippen MR) is 81.7 cm³/mol. The van der Waals surface area contributed by atoms with Crippen molar-refractivity contribution in [3.05, 3.63) is 45.4 Å². The summed E-state index contributed by atoms with van der Waals surface area (Å²) in [6.45, 7) is 6.61. The minimum absolute atomic E-state index is 0.427. The van der Waals surface area contributed by atoms with Crippen molar-refractivity contribution in [2.75, 3.05) is 5.32 Å². The summed E-state index contributed by atoms with van der Waals surface area (Å²) in [7, 11) is 0. The topological polar surface area (TPSA) is 63.3 Å². The van der Waals surface area contributed by atoms with E-state index in [2.05, 4.69) is 15.3 Å². The molecule has 19 heavy (non-hydrogen) atoms. The number of nitrogens with two attached hydrogens (primary N) is 1. The Morgan fingerprint density at radius 2 is 2.16 bits per heavy atom. The molecule has 0 amide bonds. The van der Waals surface area contributed by atoms with Crippen molar-refractivity contribution >= 4 is 23.0 Å². The highest BCUT2D eigenvalue weighted by molar-refractivity contribution is 7.11. The fourth-order valence-electron chi connectivity index (χ4n) is 1.79. The normalized spacial score (nSPS) is 11.6. The van der Waals surface area contributed by atoms with E-state index in [0.717, 1.165) is 21.3 Å². The molecule has 4 nitrogen and oxygen atoms in total. The van der Waals surface area contributed by atoms with Crippen LogP contribution in [0.5, 0.6) is 0 Å². The summed E-state index contributed by atoms with van der Waals surface area (Å²) >= 11 is 1.66. The summed E-state index contributed by atoms with van der Waals surface area (Å²) in [5, 5.41) is 4.15. The molecular formula is C14H18N4S. The molecule has 0 radical (unpaired) electrons. The van der Waals surface area contributed by atoms with Gasteiger partial charge in [0.05, 0.1) is 17.2 Å². The zero-order valence-corrected chi connectivity index (χ0v) is 12.2. The SMILES string of the molecule is Cc1cccc(NC(N)=NCc2sc(C)nc2C)c1. The lowest BCUT2D eigenvalue weighted by Crippen LogP contribution is -2.22. The van der Waals surface area contributed by atoms with Gasteiger partial charge in [0.25, 0.3) is 0 Å². The van der Waals surface area contributed by atoms with Crippen LogP contribution in [0.15, 0.2) is 29.3 Å². The molecule has 0 fully saturated rings. The molecular weight excluding hydrogens is 256 g/mol. The maximum absolute atomic E-state index is 5.88. The van der Waals surface area contributed by atoms with Crippen LogP contribution < -0.4 is 11.1 Å². The van der Waals surface area contributed by atoms with Crippen LogP contribution in [0.25, 0.3) is 0 Å². The molecule has 1 aromatic heterocycles. The van der Waals surface area contributed by atoms with Gasteiger partial charge < -0.3 is 11.1 Å². The Morgan fingerprint density at radius 3 is 2.79 bits per heavy atom. The van der Waals surface area contributed by atoms with Crippen molar-refractivity contribution in [1.82, 2.24) is 4.98 Å². The molecule has 1 aromatic carbocycles. The molecule has 0 aliphatic heterocycles. The molecule has 0 aliphatic rings. The molecule has 0 bridgehead atoms. The Hall–Kier alpha value is -1.88. The standard InChI is InChI=1S/C14H18N4S/c1-9-5-4-6-12(7-9)18-14(15)16-8-13-10(2)17-11(3)19-13/h4-7H,8H2,1-3H3,(H3,15,16,18). The van der Waals surface area contributed by atoms with E-state index in [-0.39, 0.29) is 0 Å². The zero-order valence-electron chi connectivity index (χ0n) is 11.4. The minimum atomic E-state index is 0.427. The number of nitrogens with one attached hydrogen (secondary N) is 1. The maximum Gasteiger partial charge on any atom is 0.193 e. The molecule has 0 saturated carbocycles. The van der Waals surface area contributed by atoms with E-state index >= 15 is 0 Å². The van der Waals surface area contributed by atoms with E-state index in [1.165, 1.54) is 5.56 Å². The molecule has 100 valence electrons. The van der Waals surface area contributed by atoms with Gasteiger partial charge in [0.15, 0.2) is 5.96 Å². The van der Waals surface area contributed by atoms with Crippen molar-refractivity contribution in [2.45, 2.75) is 27.3 Å². The summed E-state index contributed by atoms with van der Waals surface area (Å²) in [5.74, 6) is 0.427. The Balaban J connectivity index is 2.02. The molecule has 1 heterocycles. The van der Waals surface area contributed by atoms with Crippen LogP contribution in [0.1, 0.15) is 21.1 Å². The Morgan fingerprint density at radius 1 is 1.37 bits per heavy atom. The summed E-state index contributed by atoms with van der Waals surface area (Å²) in [4.78, 5) is 9.88. The molecule has 0 aliphatic carbocycles. The molecule has 0 spiro atoms. The molecule has 5 heteroatoms. The summed E-state index contributed by atoms with van der Waals surface area (Å²) in [6, 6.07) is 8.03. The number of anilines is 1. The Kier molecular flexibility index (Phi) is 4.16. The lowest BCUT2D eigenvalue weighted by molar-refractivity contribution is 1.05. The van der Waals surface area contributed by atoms with E-state index in [0.29, 0.717) is 12.5 Å². The van der Waals surface area contributed by atoms with Crippen molar-refractivity contribution in [3.8, 4) is 0 Å². The third kappa shape index (κ3) is 3.79. The van der Waals surface area contributed by atoms with Crippen LogP contribution in [-0.2, 0) is 6.54 Å². The molecule has 3 N–H and O–H groups in total. The highest BCUT2D eigenvalue weighted by Gasteiger charge is 2.04. The molecule has 0 atom stereocenters. The second kappa shape index (κ2) is 5.84. The smallest absolute Gasteiger partial charge is 0.193 e. The third-order valence-electron chi connectivity index (χ3n) is 2.68. The third-order valence-corrected chi connectivity index (χ3v) is 3.74. The van der Waals surface area contributed by atoms with Crippen molar-refractivity contribution in [1.29, 1.82) is 0 Å². The summed E-state index contributed by atoms with van der Waals surface area (Å²) in [5.41, 5.74) is 9.06. The van der Waals surface area contributed by atoms with Gasteiger partial charge in [0.2, 0.25) is 0 Å². The van der Waals surface area contributed by atoms with Crippen LogP contribution in [0.3, 0.4) is 0 Å². The van der Waals surface area contributed by atoms with Gasteiger partial charge in [-0.05, 0) is 38.5 Å². The fourth-order valence-corrected chi connectivity index (χ4v) is 2.65. The van der Waals surface area contributed by atoms with Gasteiger partial charge >= 0.3 is 0 Å². The maximum atomic E-state index is 5.88. The van der Waals surface area contributed by atoms with Crippen LogP contribution in [-0.4, -0.2) is 10.9 Å². The van der Waals surface area contributed by atoms with Gasteiger partial charge in [-0.25, -0.2) is 9.98 Å². The van der Waals surface area contributed by atoms with Crippen LogP contribution in [0.4, 0.5) is 5.69 Å². The number of benzene rings is 1. The van der Waals surface area contributed by atoms with Crippen molar-refractivity contribution in [2.24, 2.45) is 10.7 Å². The number of thiazole rings is 1. The highest BCUT2D eigenvalue weighted by Crippen LogP contribution is 2.18. The Labute approximate surface area is 117 Å². The monoisotopic (exact) mass is 274 g/mol. The van der Waals surface area contributed by atoms with Gasteiger partial charge in [-0.15, -0.1) is 11.3 Å². The predicted octanol–water partition coefficient (Wildman–Crippen LogP) is 3.00. The van der Waals surface area contributed by atoms with E-state index in [1.807, 2.05) is 45.0 Å². The van der Waals surface area contributed by atoms with Crippen LogP contribution in [0, 0.1) is 20.8 Å². The number of nitrogens with zero attached hydrogens (tertiary/aromatic N) is 2. The van der Waals surface area contributed by atoms with Gasteiger partial charge in [-0.3, -0.25) is 0 Å². The van der Waals surface area contributed by atoms with Gasteiger partial charge in [-0.1, -0.05) is 12.1 Å². The second-order valence-electron chi connectivity index (χ2n) is 4.44. The minimum Gasteiger partial charge on any atom is -0.370 e. The Bertz CT molecular complexity index is 601. The number of hydrogen-bond acceptors (Lipinski definition) is 3. The van der Waals surface area contributed by atoms with Crippen molar-refractivity contribution in [3.63, 3.8) is 0 Å². The lowest BCUT2D eigenvalue weighted by atomic mass is 10.2. The molecule has 0 saturated heterocycles. The van der Waals surface area contributed by atoms with Gasteiger partial charge in [-0.2, -0.15) is 0 Å². The number of aliphatic imine (C=N–C) groups is 1. The number of rotatable bonds is 3. The zero-order chi connectivity index (χ0) is 13.8. The fraction of sp³-hybridized carbons (Fsp3) is 0.286. The number of aryl methyl sites for hydroxylation is 3. The quantitative estimate of drug-likeness (QED) is 0.668. The lowest BCUT2D eigenvalue weighted by Gasteiger charge is -2.06. The van der Waals surface area contributed by atoms with Crippen LogP contribution in [0.2, 0.25) is 0 Å². The first-order valence-electron chi connectivity index (χ1n) is 6.11. The van der Waals surface area contributed by atoms with Gasteiger partial charge in [0.1, 0.15) is 0 Å². The first-order valence-corrected chi connectivity index (χ1v) is 6.93. The average molecular weight is 274 g/mol. The van der Waals surface area contributed by atoms with Crippen LogP contribution >= 0.6 is 11.3 Å². The van der Waals surface area contributed by atoms with E-state index in [1.54, 1.807) is 11.3 Å². The number of aromatic nitrogens is 1. The number of guanidine groups is 1. The highest BCUT2D eigenvalue weighted by atomic mass is 32.1. The molecule has 0 unspecified atom stereocenters. The first-order chi connectivity index (χ1) is 9.04. The largest absolute Gasteiger partial charge is 0.370 e. The summed E-state index contributed by atoms with van der Waals surface area (Å²) < 4.78 is 0. The first kappa shape index (κ1) is 13.5. The molecule has 2 rings (SSSR count). The van der Waals surface area contributed by atoms with E-state index in [4.69, 9.17) is 5.73 Å². The average Bonchev–Trinajstić information content (AvgIpc) is 2.65. The number of hydrogen-bond donors (Lipinski definition) is 2. The van der Waals surface area contributed by atoms with Gasteiger partial charge in [0, 0.05) is 10.6 Å².